The number of hydrogen-bond donors (Lipinski definition) is 1. The summed E-state index contributed by atoms with van der Waals surface area (Å²) in [4.78, 5) is 10.6. The lowest BCUT2D eigenvalue weighted by atomic mass is 10.0. The second kappa shape index (κ2) is 3.83. The summed E-state index contributed by atoms with van der Waals surface area (Å²) in [6.07, 6.45) is -2.84. The number of nitrogens with zero attached hydrogens (tertiary/aromatic N) is 1. The maximum Gasteiger partial charge on any atom is 0.337 e. The number of benzene rings is 1. The van der Waals surface area contributed by atoms with Gasteiger partial charge < -0.3 is 5.11 Å². The van der Waals surface area contributed by atoms with E-state index in [0.717, 1.165) is 12.1 Å². The third kappa shape index (κ3) is 1.69. The van der Waals surface area contributed by atoms with E-state index in [0.29, 0.717) is 0 Å². The quantitative estimate of drug-likeness (QED) is 0.790. The van der Waals surface area contributed by atoms with E-state index in [9.17, 15) is 13.6 Å². The fraction of sp³-hybridized carbons (Fsp3) is 0.111. The largest absolute Gasteiger partial charge is 0.478 e. The van der Waals surface area contributed by atoms with E-state index >= 15 is 0 Å². The molecule has 5 heteroatoms. The van der Waals surface area contributed by atoms with Crippen molar-refractivity contribution >= 4 is 5.97 Å². The zero-order valence-electron chi connectivity index (χ0n) is 6.87. The average molecular weight is 197 g/mol. The van der Waals surface area contributed by atoms with Crippen molar-refractivity contribution in [2.75, 3.05) is 0 Å². The van der Waals surface area contributed by atoms with E-state index < -0.39 is 29.1 Å². The van der Waals surface area contributed by atoms with Crippen LogP contribution in [0.3, 0.4) is 0 Å². The summed E-state index contributed by atoms with van der Waals surface area (Å²) >= 11 is 0. The van der Waals surface area contributed by atoms with Crippen molar-refractivity contribution in [2.45, 2.75) is 6.43 Å². The zero-order chi connectivity index (χ0) is 10.7. The summed E-state index contributed by atoms with van der Waals surface area (Å²) in [5, 5.41) is 17.2. The van der Waals surface area contributed by atoms with E-state index in [1.54, 1.807) is 0 Å². The van der Waals surface area contributed by atoms with Crippen molar-refractivity contribution in [1.82, 2.24) is 0 Å². The highest BCUT2D eigenvalue weighted by Gasteiger charge is 2.18. The molecule has 0 heterocycles. The highest BCUT2D eigenvalue weighted by atomic mass is 19.3. The maximum atomic E-state index is 12.3. The SMILES string of the molecule is N#Cc1c(C(=O)O)cccc1C(F)F. The van der Waals surface area contributed by atoms with Gasteiger partial charge in [0.15, 0.2) is 0 Å². The van der Waals surface area contributed by atoms with Crippen LogP contribution in [0.2, 0.25) is 0 Å². The van der Waals surface area contributed by atoms with Crippen molar-refractivity contribution in [3.05, 3.63) is 34.9 Å². The van der Waals surface area contributed by atoms with Crippen molar-refractivity contribution in [2.24, 2.45) is 0 Å². The molecule has 0 aliphatic carbocycles. The monoisotopic (exact) mass is 197 g/mol. The molecule has 0 fully saturated rings. The van der Waals surface area contributed by atoms with Gasteiger partial charge in [-0.25, -0.2) is 13.6 Å². The smallest absolute Gasteiger partial charge is 0.337 e. The Hall–Kier alpha value is -1.96. The third-order valence-corrected chi connectivity index (χ3v) is 1.67. The molecule has 0 aliphatic rings. The first kappa shape index (κ1) is 10.1. The summed E-state index contributed by atoms with van der Waals surface area (Å²) in [6.45, 7) is 0. The molecule has 1 N–H and O–H groups in total. The van der Waals surface area contributed by atoms with Gasteiger partial charge in [0, 0.05) is 5.56 Å². The molecule has 1 rings (SSSR count). The van der Waals surface area contributed by atoms with Crippen LogP contribution in [0.1, 0.15) is 27.9 Å². The van der Waals surface area contributed by atoms with E-state index in [-0.39, 0.29) is 0 Å². The molecule has 0 amide bonds. The lowest BCUT2D eigenvalue weighted by Gasteiger charge is -2.04. The Morgan fingerprint density at radius 3 is 2.57 bits per heavy atom. The van der Waals surface area contributed by atoms with Gasteiger partial charge in [0.05, 0.1) is 11.1 Å². The Labute approximate surface area is 78.2 Å². The lowest BCUT2D eigenvalue weighted by Crippen LogP contribution is -2.03. The molecule has 72 valence electrons. The summed E-state index contributed by atoms with van der Waals surface area (Å²) in [5.41, 5.74) is -1.42. The van der Waals surface area contributed by atoms with E-state index in [4.69, 9.17) is 10.4 Å². The number of nitriles is 1. The van der Waals surface area contributed by atoms with Gasteiger partial charge in [-0.15, -0.1) is 0 Å². The minimum Gasteiger partial charge on any atom is -0.478 e. The van der Waals surface area contributed by atoms with Crippen LogP contribution in [0.4, 0.5) is 8.78 Å². The molecule has 0 aromatic heterocycles. The minimum absolute atomic E-state index is 0.398. The Kier molecular flexibility index (Phi) is 2.77. The molecule has 0 saturated carbocycles. The predicted molar refractivity (Wildman–Crippen MR) is 43.1 cm³/mol. The molecular formula is C9H5F2NO2. The van der Waals surface area contributed by atoms with E-state index in [1.165, 1.54) is 12.1 Å². The lowest BCUT2D eigenvalue weighted by molar-refractivity contribution is 0.0696. The Bertz CT molecular complexity index is 410. The van der Waals surface area contributed by atoms with Gasteiger partial charge in [0.2, 0.25) is 0 Å². The number of halogens is 2. The first-order chi connectivity index (χ1) is 6.57. The summed E-state index contributed by atoms with van der Waals surface area (Å²) < 4.78 is 24.6. The van der Waals surface area contributed by atoms with Crippen LogP contribution in [0, 0.1) is 11.3 Å². The molecule has 0 aliphatic heterocycles. The average Bonchev–Trinajstić information content (AvgIpc) is 2.16. The van der Waals surface area contributed by atoms with Crippen LogP contribution >= 0.6 is 0 Å². The predicted octanol–water partition coefficient (Wildman–Crippen LogP) is 2.19. The Balaban J connectivity index is 3.42. The third-order valence-electron chi connectivity index (χ3n) is 1.67. The van der Waals surface area contributed by atoms with Gasteiger partial charge in [-0.3, -0.25) is 0 Å². The topological polar surface area (TPSA) is 61.1 Å². The molecule has 3 nitrogen and oxygen atoms in total. The zero-order valence-corrected chi connectivity index (χ0v) is 6.87. The molecule has 0 atom stereocenters. The fourth-order valence-electron chi connectivity index (χ4n) is 1.06. The van der Waals surface area contributed by atoms with Crippen LogP contribution in [-0.2, 0) is 0 Å². The molecular weight excluding hydrogens is 192 g/mol. The van der Waals surface area contributed by atoms with Gasteiger partial charge in [0.1, 0.15) is 6.07 Å². The van der Waals surface area contributed by atoms with Gasteiger partial charge in [-0.05, 0) is 6.07 Å². The van der Waals surface area contributed by atoms with Gasteiger partial charge in [-0.1, -0.05) is 12.1 Å². The van der Waals surface area contributed by atoms with Crippen LogP contribution in [0.15, 0.2) is 18.2 Å². The van der Waals surface area contributed by atoms with Crippen LogP contribution < -0.4 is 0 Å². The van der Waals surface area contributed by atoms with E-state index in [1.807, 2.05) is 0 Å². The Morgan fingerprint density at radius 1 is 1.50 bits per heavy atom. The van der Waals surface area contributed by atoms with E-state index in [2.05, 4.69) is 0 Å². The number of alkyl halides is 2. The van der Waals surface area contributed by atoms with Crippen molar-refractivity contribution in [3.8, 4) is 6.07 Å². The molecule has 0 unspecified atom stereocenters. The molecule has 1 aromatic rings. The normalized spacial score (nSPS) is 9.86. The fourth-order valence-corrected chi connectivity index (χ4v) is 1.06. The maximum absolute atomic E-state index is 12.3. The Morgan fingerprint density at radius 2 is 2.14 bits per heavy atom. The van der Waals surface area contributed by atoms with Crippen molar-refractivity contribution < 1.29 is 18.7 Å². The summed E-state index contributed by atoms with van der Waals surface area (Å²) in [7, 11) is 0. The molecule has 0 bridgehead atoms. The van der Waals surface area contributed by atoms with Gasteiger partial charge in [0.25, 0.3) is 6.43 Å². The van der Waals surface area contributed by atoms with Gasteiger partial charge >= 0.3 is 5.97 Å². The summed E-state index contributed by atoms with van der Waals surface area (Å²) in [6, 6.07) is 4.81. The van der Waals surface area contributed by atoms with Crippen molar-refractivity contribution in [3.63, 3.8) is 0 Å². The number of carboxylic acids is 1. The molecule has 0 saturated heterocycles. The first-order valence-corrected chi connectivity index (χ1v) is 3.62. The minimum atomic E-state index is -2.84. The van der Waals surface area contributed by atoms with Crippen LogP contribution in [0.5, 0.6) is 0 Å². The number of carboxylic acid groups (broad SMARTS) is 1. The second-order valence-corrected chi connectivity index (χ2v) is 2.49. The standard InChI is InChI=1S/C9H5F2NO2/c10-8(11)5-2-1-3-6(9(13)14)7(5)4-12/h1-3,8H,(H,13,14). The number of rotatable bonds is 2. The highest BCUT2D eigenvalue weighted by molar-refractivity contribution is 5.91. The first-order valence-electron chi connectivity index (χ1n) is 3.62. The molecule has 1 aromatic carbocycles. The van der Waals surface area contributed by atoms with Crippen LogP contribution in [0.25, 0.3) is 0 Å². The number of aromatic carboxylic acids is 1. The summed E-state index contributed by atoms with van der Waals surface area (Å²) in [5.74, 6) is -1.39. The highest BCUT2D eigenvalue weighted by Crippen LogP contribution is 2.24. The molecule has 14 heavy (non-hydrogen) atoms. The molecule has 0 radical (unpaired) electrons. The second-order valence-electron chi connectivity index (χ2n) is 2.49. The molecule has 0 spiro atoms. The number of hydrogen-bond acceptors (Lipinski definition) is 2. The number of carbonyl (C=O) groups is 1. The van der Waals surface area contributed by atoms with Crippen LogP contribution in [-0.4, -0.2) is 11.1 Å². The van der Waals surface area contributed by atoms with Gasteiger partial charge in [-0.2, -0.15) is 5.26 Å². The van der Waals surface area contributed by atoms with Crippen molar-refractivity contribution in [1.29, 1.82) is 5.26 Å².